The molecule has 5 heteroatoms. The topological polar surface area (TPSA) is 38.8 Å². The summed E-state index contributed by atoms with van der Waals surface area (Å²) in [6, 6.07) is 12.2. The smallest absolute Gasteiger partial charge is 0.264 e. The van der Waals surface area contributed by atoms with E-state index in [-0.39, 0.29) is 18.1 Å². The van der Waals surface area contributed by atoms with Gasteiger partial charge in [-0.1, -0.05) is 24.3 Å². The molecule has 2 aliphatic rings. The van der Waals surface area contributed by atoms with E-state index in [9.17, 15) is 4.79 Å². The van der Waals surface area contributed by atoms with Gasteiger partial charge in [0.1, 0.15) is 0 Å². The summed E-state index contributed by atoms with van der Waals surface area (Å²) in [7, 11) is 0. The van der Waals surface area contributed by atoms with E-state index >= 15 is 0 Å². The van der Waals surface area contributed by atoms with Gasteiger partial charge in [0.2, 0.25) is 0 Å². The predicted octanol–water partition coefficient (Wildman–Crippen LogP) is 3.95. The van der Waals surface area contributed by atoms with Gasteiger partial charge in [0.05, 0.1) is 23.7 Å². The molecule has 1 atom stereocenters. The number of ether oxygens (including phenoxy) is 2. The Balaban J connectivity index is 1.27. The molecule has 0 spiro atoms. The van der Waals surface area contributed by atoms with E-state index in [1.165, 1.54) is 16.0 Å². The lowest BCUT2D eigenvalue weighted by Gasteiger charge is -2.38. The van der Waals surface area contributed by atoms with Gasteiger partial charge in [0.25, 0.3) is 5.91 Å². The largest absolute Gasteiger partial charge is 0.373 e. The number of aryl methyl sites for hydroxylation is 1. The minimum absolute atomic E-state index is 0.116. The highest BCUT2D eigenvalue weighted by atomic mass is 32.1. The Morgan fingerprint density at radius 3 is 2.88 bits per heavy atom. The molecule has 2 saturated heterocycles. The van der Waals surface area contributed by atoms with Crippen LogP contribution in [0.25, 0.3) is 0 Å². The van der Waals surface area contributed by atoms with E-state index in [0.717, 1.165) is 24.3 Å². The van der Waals surface area contributed by atoms with E-state index < -0.39 is 0 Å². The van der Waals surface area contributed by atoms with Crippen molar-refractivity contribution >= 4 is 17.2 Å². The number of hydrogen-bond donors (Lipinski definition) is 0. The van der Waals surface area contributed by atoms with Crippen LogP contribution in [0.3, 0.4) is 0 Å². The molecule has 25 heavy (non-hydrogen) atoms. The fraction of sp³-hybridized carbons (Fsp3) is 0.450. The van der Waals surface area contributed by atoms with Gasteiger partial charge in [-0.25, -0.2) is 0 Å². The van der Waals surface area contributed by atoms with Crippen molar-refractivity contribution < 1.29 is 14.3 Å². The van der Waals surface area contributed by atoms with Gasteiger partial charge >= 0.3 is 0 Å². The Labute approximate surface area is 152 Å². The molecule has 0 aliphatic carbocycles. The lowest BCUT2D eigenvalue weighted by Crippen LogP contribution is -2.54. The Morgan fingerprint density at radius 2 is 2.12 bits per heavy atom. The molecule has 0 N–H and O–H groups in total. The van der Waals surface area contributed by atoms with Crippen molar-refractivity contribution in [2.45, 2.75) is 38.6 Å². The zero-order valence-corrected chi connectivity index (χ0v) is 15.3. The van der Waals surface area contributed by atoms with Crippen molar-refractivity contribution in [3.8, 4) is 0 Å². The van der Waals surface area contributed by atoms with E-state index in [2.05, 4.69) is 19.1 Å². The fourth-order valence-electron chi connectivity index (χ4n) is 3.29. The Hall–Kier alpha value is -1.69. The molecule has 2 fully saturated rings. The SMILES string of the molecule is Cc1ccccc1COC1CN(C(=O)c2ccc([C@H]3CCCO3)s2)C1. The third-order valence-electron chi connectivity index (χ3n) is 4.96. The summed E-state index contributed by atoms with van der Waals surface area (Å²) in [5, 5.41) is 0. The highest BCUT2D eigenvalue weighted by Crippen LogP contribution is 2.34. The number of carbonyl (C=O) groups is 1. The molecule has 132 valence electrons. The summed E-state index contributed by atoms with van der Waals surface area (Å²) in [6.07, 6.45) is 2.50. The van der Waals surface area contributed by atoms with Gasteiger partial charge in [-0.15, -0.1) is 11.3 Å². The third kappa shape index (κ3) is 3.64. The minimum atomic E-state index is 0.116. The molecule has 1 aromatic carbocycles. The second kappa shape index (κ2) is 7.28. The number of benzene rings is 1. The van der Waals surface area contributed by atoms with Gasteiger partial charge in [0, 0.05) is 24.6 Å². The second-order valence-corrected chi connectivity index (χ2v) is 7.89. The van der Waals surface area contributed by atoms with E-state index in [1.807, 2.05) is 29.2 Å². The monoisotopic (exact) mass is 357 g/mol. The van der Waals surface area contributed by atoms with Crippen LogP contribution >= 0.6 is 11.3 Å². The minimum Gasteiger partial charge on any atom is -0.373 e. The van der Waals surface area contributed by atoms with Crippen molar-refractivity contribution in [3.63, 3.8) is 0 Å². The van der Waals surface area contributed by atoms with Crippen molar-refractivity contribution in [1.82, 2.24) is 4.90 Å². The van der Waals surface area contributed by atoms with Crippen LogP contribution in [-0.4, -0.2) is 36.6 Å². The molecule has 1 amide bonds. The van der Waals surface area contributed by atoms with Gasteiger partial charge in [0.15, 0.2) is 0 Å². The first kappa shape index (κ1) is 16.8. The number of hydrogen-bond acceptors (Lipinski definition) is 4. The highest BCUT2D eigenvalue weighted by molar-refractivity contribution is 7.14. The zero-order valence-electron chi connectivity index (χ0n) is 14.4. The second-order valence-electron chi connectivity index (χ2n) is 6.77. The van der Waals surface area contributed by atoms with Crippen LogP contribution in [0.4, 0.5) is 0 Å². The summed E-state index contributed by atoms with van der Waals surface area (Å²) >= 11 is 1.57. The Kier molecular flexibility index (Phi) is 4.88. The third-order valence-corrected chi connectivity index (χ3v) is 6.12. The van der Waals surface area contributed by atoms with Gasteiger partial charge in [-0.2, -0.15) is 0 Å². The van der Waals surface area contributed by atoms with Gasteiger partial charge in [-0.3, -0.25) is 4.79 Å². The standard InChI is InChI=1S/C20H23NO3S/c1-14-5-2-3-6-15(14)13-24-16-11-21(12-16)20(22)19-9-8-18(25-19)17-7-4-10-23-17/h2-3,5-6,8-9,16-17H,4,7,10-13H2,1H3/t17-/m1/s1. The van der Waals surface area contributed by atoms with Crippen LogP contribution in [0.15, 0.2) is 36.4 Å². The first-order chi connectivity index (χ1) is 12.2. The fourth-order valence-corrected chi connectivity index (χ4v) is 4.35. The molecule has 3 heterocycles. The van der Waals surface area contributed by atoms with E-state index in [1.54, 1.807) is 11.3 Å². The Bertz CT molecular complexity index is 745. The molecule has 1 aromatic heterocycles. The average Bonchev–Trinajstić information content (AvgIpc) is 3.26. The zero-order chi connectivity index (χ0) is 17.2. The molecular weight excluding hydrogens is 334 g/mol. The van der Waals surface area contributed by atoms with E-state index in [4.69, 9.17) is 9.47 Å². The van der Waals surface area contributed by atoms with Crippen molar-refractivity contribution in [3.05, 3.63) is 57.3 Å². The maximum absolute atomic E-state index is 12.6. The number of thiophene rings is 1. The summed E-state index contributed by atoms with van der Waals surface area (Å²) in [4.78, 5) is 16.4. The number of rotatable bonds is 5. The molecule has 4 nitrogen and oxygen atoms in total. The first-order valence-corrected chi connectivity index (χ1v) is 9.69. The Morgan fingerprint density at radius 1 is 1.28 bits per heavy atom. The number of likely N-dealkylation sites (tertiary alicyclic amines) is 1. The van der Waals surface area contributed by atoms with Crippen LogP contribution in [0.2, 0.25) is 0 Å². The summed E-state index contributed by atoms with van der Waals surface area (Å²) in [5.74, 6) is 0.116. The van der Waals surface area contributed by atoms with Gasteiger partial charge < -0.3 is 14.4 Å². The molecule has 2 aromatic rings. The van der Waals surface area contributed by atoms with Crippen LogP contribution in [0.1, 0.15) is 44.6 Å². The number of nitrogens with zero attached hydrogens (tertiary/aromatic N) is 1. The predicted molar refractivity (Wildman–Crippen MR) is 97.9 cm³/mol. The first-order valence-electron chi connectivity index (χ1n) is 8.87. The maximum atomic E-state index is 12.6. The average molecular weight is 357 g/mol. The highest BCUT2D eigenvalue weighted by Gasteiger charge is 2.33. The quantitative estimate of drug-likeness (QED) is 0.813. The van der Waals surface area contributed by atoms with Crippen LogP contribution in [0, 0.1) is 6.92 Å². The maximum Gasteiger partial charge on any atom is 0.264 e. The normalized spacial score (nSPS) is 20.7. The summed E-state index contributed by atoms with van der Waals surface area (Å²) in [5.41, 5.74) is 2.46. The number of amides is 1. The molecule has 2 aliphatic heterocycles. The molecule has 0 unspecified atom stereocenters. The molecule has 0 saturated carbocycles. The van der Waals surface area contributed by atoms with E-state index in [0.29, 0.717) is 19.7 Å². The van der Waals surface area contributed by atoms with Crippen molar-refractivity contribution in [1.29, 1.82) is 0 Å². The summed E-state index contributed by atoms with van der Waals surface area (Å²) < 4.78 is 11.6. The van der Waals surface area contributed by atoms with Crippen molar-refractivity contribution in [2.24, 2.45) is 0 Å². The molecule has 0 bridgehead atoms. The lowest BCUT2D eigenvalue weighted by molar-refractivity contribution is -0.0502. The van der Waals surface area contributed by atoms with Crippen molar-refractivity contribution in [2.75, 3.05) is 19.7 Å². The van der Waals surface area contributed by atoms with Gasteiger partial charge in [-0.05, 0) is 43.0 Å². The van der Waals surface area contributed by atoms with Crippen LogP contribution in [0.5, 0.6) is 0 Å². The van der Waals surface area contributed by atoms with Crippen LogP contribution in [-0.2, 0) is 16.1 Å². The lowest BCUT2D eigenvalue weighted by atomic mass is 10.1. The number of carbonyl (C=O) groups excluding carboxylic acids is 1. The molecule has 0 radical (unpaired) electrons. The molecular formula is C20H23NO3S. The molecule has 4 rings (SSSR count). The summed E-state index contributed by atoms with van der Waals surface area (Å²) in [6.45, 7) is 4.90. The van der Waals surface area contributed by atoms with Crippen LogP contribution < -0.4 is 0 Å².